The zero-order valence-corrected chi connectivity index (χ0v) is 22.1. The van der Waals surface area contributed by atoms with E-state index in [4.69, 9.17) is 9.98 Å². The molecule has 6 nitrogen and oxygen atoms in total. The summed E-state index contributed by atoms with van der Waals surface area (Å²) in [5.74, 6) is 2.41. The molecule has 0 bridgehead atoms. The minimum Gasteiger partial charge on any atom is -0.335 e. The normalized spacial score (nSPS) is 24.5. The third kappa shape index (κ3) is 4.96. The number of hydrogen-bond donors (Lipinski definition) is 2. The number of nitrogens with one attached hydrogen (secondary N) is 2. The summed E-state index contributed by atoms with van der Waals surface area (Å²) in [4.78, 5) is 19.0. The third-order valence-corrected chi connectivity index (χ3v) is 7.78. The van der Waals surface area contributed by atoms with Crippen LogP contribution in [0.1, 0.15) is 53.3 Å². The summed E-state index contributed by atoms with van der Waals surface area (Å²) in [6.07, 6.45) is 18.3. The van der Waals surface area contributed by atoms with E-state index in [2.05, 4.69) is 112 Å². The fourth-order valence-electron chi connectivity index (χ4n) is 5.57. The van der Waals surface area contributed by atoms with Gasteiger partial charge in [0, 0.05) is 17.4 Å². The maximum Gasteiger partial charge on any atom is 0.169 e. The Labute approximate surface area is 233 Å². The van der Waals surface area contributed by atoms with Gasteiger partial charge in [-0.15, -0.1) is 0 Å². The van der Waals surface area contributed by atoms with Crippen LogP contribution in [0, 0.1) is 5.92 Å². The molecular weight excluding hydrogens is 492 g/mol. The molecule has 7 rings (SSSR count). The largest absolute Gasteiger partial charge is 0.335 e. The van der Waals surface area contributed by atoms with Crippen molar-refractivity contribution in [2.45, 2.75) is 31.1 Å². The zero-order chi connectivity index (χ0) is 26.7. The Kier molecular flexibility index (Phi) is 6.50. The summed E-state index contributed by atoms with van der Waals surface area (Å²) >= 11 is 0. The van der Waals surface area contributed by atoms with Crippen LogP contribution in [-0.4, -0.2) is 24.3 Å². The lowest BCUT2D eigenvalue weighted by Gasteiger charge is -2.22. The van der Waals surface area contributed by atoms with Crippen LogP contribution in [0.4, 0.5) is 0 Å². The van der Waals surface area contributed by atoms with Gasteiger partial charge in [0.05, 0.1) is 12.7 Å². The average molecular weight is 523 g/mol. The Bertz CT molecular complexity index is 1710. The molecule has 2 aliphatic heterocycles. The summed E-state index contributed by atoms with van der Waals surface area (Å²) in [6.45, 7) is 0. The highest BCUT2D eigenvalue weighted by atomic mass is 15.2. The second kappa shape index (κ2) is 10.7. The molecule has 4 unspecified atom stereocenters. The SMILES string of the molecule is C1=CCC(c2ccc(C3N=CNC(c4ccc5c(c4)=CCC(C4=NC(c6ccccc6)N=CN4)C=5)=N3)cc2)C=C1. The van der Waals surface area contributed by atoms with E-state index < -0.39 is 0 Å². The number of fused-ring (bicyclic) bond motifs is 1. The van der Waals surface area contributed by atoms with Gasteiger partial charge in [0.1, 0.15) is 11.7 Å². The topological polar surface area (TPSA) is 73.5 Å². The molecule has 0 amide bonds. The van der Waals surface area contributed by atoms with Crippen LogP contribution in [0.5, 0.6) is 0 Å². The fraction of sp³-hybridized carbons (Fsp3) is 0.176. The molecule has 3 aromatic rings. The Hall–Kier alpha value is -4.84. The summed E-state index contributed by atoms with van der Waals surface area (Å²) in [5.41, 5.74) is 4.56. The maximum absolute atomic E-state index is 4.95. The predicted octanol–water partition coefficient (Wildman–Crippen LogP) is 4.67. The van der Waals surface area contributed by atoms with E-state index in [1.54, 1.807) is 12.7 Å². The molecule has 40 heavy (non-hydrogen) atoms. The molecule has 2 N–H and O–H groups in total. The lowest BCUT2D eigenvalue weighted by Crippen LogP contribution is -2.38. The summed E-state index contributed by atoms with van der Waals surface area (Å²) in [5, 5.41) is 8.95. The van der Waals surface area contributed by atoms with Crippen molar-refractivity contribution in [3.8, 4) is 0 Å². The standard InChI is InChI=1S/C34H30N6/c1-3-7-23(8-4-1)24-11-13-26(14-12-24)32-36-22-38-34(40-32)30-18-16-27-19-29(17-15-28(27)20-30)33-37-21-35-31(39-33)25-9-5-2-6-10-25/h1-7,9-16,18-23,29,31-32H,8,17H2,(H,35,37,39)(H,36,38,40). The first-order valence-electron chi connectivity index (χ1n) is 13.8. The monoisotopic (exact) mass is 522 g/mol. The Morgan fingerprint density at radius 1 is 0.650 bits per heavy atom. The van der Waals surface area contributed by atoms with Crippen molar-refractivity contribution in [1.29, 1.82) is 0 Å². The van der Waals surface area contributed by atoms with E-state index in [9.17, 15) is 0 Å². The smallest absolute Gasteiger partial charge is 0.169 e. The van der Waals surface area contributed by atoms with Crippen LogP contribution in [0.15, 0.2) is 117 Å². The molecule has 196 valence electrons. The van der Waals surface area contributed by atoms with Gasteiger partial charge in [-0.1, -0.05) is 103 Å². The van der Waals surface area contributed by atoms with Crippen molar-refractivity contribution in [2.24, 2.45) is 25.9 Å². The van der Waals surface area contributed by atoms with Crippen molar-refractivity contribution in [3.05, 3.63) is 130 Å². The molecule has 4 aliphatic rings. The molecule has 2 heterocycles. The number of amidine groups is 2. The van der Waals surface area contributed by atoms with Crippen LogP contribution in [0.3, 0.4) is 0 Å². The van der Waals surface area contributed by atoms with Crippen LogP contribution >= 0.6 is 0 Å². The van der Waals surface area contributed by atoms with Crippen molar-refractivity contribution >= 4 is 36.5 Å². The quantitative estimate of drug-likeness (QED) is 0.511. The Morgan fingerprint density at radius 2 is 1.43 bits per heavy atom. The van der Waals surface area contributed by atoms with Gasteiger partial charge in [-0.2, -0.15) is 0 Å². The Morgan fingerprint density at radius 3 is 2.25 bits per heavy atom. The van der Waals surface area contributed by atoms with Crippen molar-refractivity contribution in [1.82, 2.24) is 10.6 Å². The molecule has 6 heteroatoms. The minimum atomic E-state index is -0.252. The van der Waals surface area contributed by atoms with E-state index in [0.29, 0.717) is 5.92 Å². The van der Waals surface area contributed by atoms with Crippen LogP contribution < -0.4 is 21.1 Å². The number of hydrogen-bond acceptors (Lipinski definition) is 6. The van der Waals surface area contributed by atoms with Gasteiger partial charge >= 0.3 is 0 Å². The number of nitrogens with zero attached hydrogens (tertiary/aromatic N) is 4. The van der Waals surface area contributed by atoms with Crippen LogP contribution in [-0.2, 0) is 0 Å². The molecule has 0 fully saturated rings. The molecule has 0 spiro atoms. The molecule has 3 aromatic carbocycles. The lowest BCUT2D eigenvalue weighted by molar-refractivity contribution is 0.738. The molecule has 0 aromatic heterocycles. The highest BCUT2D eigenvalue weighted by molar-refractivity contribution is 6.05. The summed E-state index contributed by atoms with van der Waals surface area (Å²) in [7, 11) is 0. The first kappa shape index (κ1) is 24.2. The minimum absolute atomic E-state index is 0.182. The fourth-order valence-corrected chi connectivity index (χ4v) is 5.57. The average Bonchev–Trinajstić information content (AvgIpc) is 3.05. The molecule has 0 saturated heterocycles. The van der Waals surface area contributed by atoms with Crippen molar-refractivity contribution < 1.29 is 0 Å². The lowest BCUT2D eigenvalue weighted by atomic mass is 9.92. The molecule has 4 atom stereocenters. The third-order valence-electron chi connectivity index (χ3n) is 7.78. The number of rotatable bonds is 5. The number of allylic oxidation sites excluding steroid dienone is 4. The van der Waals surface area contributed by atoms with Gasteiger partial charge in [0.25, 0.3) is 0 Å². The molecule has 0 radical (unpaired) electrons. The van der Waals surface area contributed by atoms with Gasteiger partial charge in [-0.25, -0.2) is 20.0 Å². The van der Waals surface area contributed by atoms with Crippen LogP contribution in [0.2, 0.25) is 0 Å². The molecule has 2 aliphatic carbocycles. The van der Waals surface area contributed by atoms with E-state index in [1.807, 2.05) is 18.2 Å². The Balaban J connectivity index is 1.10. The molecular formula is C34H30N6. The summed E-state index contributed by atoms with van der Waals surface area (Å²) in [6, 6.07) is 25.4. The van der Waals surface area contributed by atoms with Crippen molar-refractivity contribution in [3.63, 3.8) is 0 Å². The first-order chi connectivity index (χ1) is 19.8. The summed E-state index contributed by atoms with van der Waals surface area (Å²) < 4.78 is 0. The highest BCUT2D eigenvalue weighted by Gasteiger charge is 2.21. The van der Waals surface area contributed by atoms with Gasteiger partial charge in [0.15, 0.2) is 12.3 Å². The van der Waals surface area contributed by atoms with Gasteiger partial charge < -0.3 is 10.6 Å². The molecule has 0 saturated carbocycles. The van der Waals surface area contributed by atoms with E-state index in [0.717, 1.165) is 41.2 Å². The second-order valence-electron chi connectivity index (χ2n) is 10.4. The number of aliphatic imine (C=N–C) groups is 4. The second-order valence-corrected chi connectivity index (χ2v) is 10.4. The van der Waals surface area contributed by atoms with Crippen molar-refractivity contribution in [2.75, 3.05) is 0 Å². The van der Waals surface area contributed by atoms with Crippen LogP contribution in [0.25, 0.3) is 12.2 Å². The van der Waals surface area contributed by atoms with E-state index in [-0.39, 0.29) is 18.2 Å². The predicted molar refractivity (Wildman–Crippen MR) is 164 cm³/mol. The first-order valence-corrected chi connectivity index (χ1v) is 13.8. The zero-order valence-electron chi connectivity index (χ0n) is 22.1. The van der Waals surface area contributed by atoms with Gasteiger partial charge in [-0.3, -0.25) is 0 Å². The number of benzene rings is 3. The van der Waals surface area contributed by atoms with Gasteiger partial charge in [0.2, 0.25) is 0 Å². The van der Waals surface area contributed by atoms with E-state index in [1.165, 1.54) is 16.0 Å². The highest BCUT2D eigenvalue weighted by Crippen LogP contribution is 2.28. The van der Waals surface area contributed by atoms with E-state index >= 15 is 0 Å². The maximum atomic E-state index is 4.95. The van der Waals surface area contributed by atoms with Gasteiger partial charge in [-0.05, 0) is 46.0 Å².